The smallest absolute Gasteiger partial charge is 0.0963 e. The van der Waals surface area contributed by atoms with Crippen molar-refractivity contribution in [3.8, 4) is 0 Å². The van der Waals surface area contributed by atoms with Gasteiger partial charge in [-0.05, 0) is 43.2 Å². The summed E-state index contributed by atoms with van der Waals surface area (Å²) in [4.78, 5) is 4.16. The van der Waals surface area contributed by atoms with Gasteiger partial charge in [0.2, 0.25) is 0 Å². The lowest BCUT2D eigenvalue weighted by Gasteiger charge is -2.05. The number of nitrogens with zero attached hydrogens (tertiary/aromatic N) is 1. The predicted molar refractivity (Wildman–Crippen MR) is 64.0 cm³/mol. The van der Waals surface area contributed by atoms with E-state index >= 15 is 0 Å². The van der Waals surface area contributed by atoms with Crippen LogP contribution in [0.3, 0.4) is 0 Å². The highest BCUT2D eigenvalue weighted by atomic mass is 14.9. The maximum Gasteiger partial charge on any atom is 0.0963 e. The Hall–Kier alpha value is -1.77. The molecule has 80 valence electrons. The molecule has 1 aromatic rings. The van der Waals surface area contributed by atoms with Gasteiger partial charge in [0.15, 0.2) is 0 Å². The zero-order valence-electron chi connectivity index (χ0n) is 9.41. The fourth-order valence-corrected chi connectivity index (χ4v) is 1.30. The Kier molecular flexibility index (Phi) is 3.92. The Bertz CT molecular complexity index is 392. The summed E-state index contributed by atoms with van der Waals surface area (Å²) in [6.07, 6.45) is 5.74. The SMILES string of the molecule is C/C=C(\C=C(\N)NC)c1ccnc(C)c1. The van der Waals surface area contributed by atoms with E-state index in [0.717, 1.165) is 16.8 Å². The van der Waals surface area contributed by atoms with E-state index in [1.165, 1.54) is 0 Å². The molecule has 3 N–H and O–H groups in total. The van der Waals surface area contributed by atoms with Crippen molar-refractivity contribution in [3.05, 3.63) is 47.6 Å². The third kappa shape index (κ3) is 3.13. The number of hydrogen-bond donors (Lipinski definition) is 2. The van der Waals surface area contributed by atoms with Crippen LogP contribution in [-0.2, 0) is 0 Å². The molecule has 0 fully saturated rings. The molecule has 1 heterocycles. The lowest BCUT2D eigenvalue weighted by Crippen LogP contribution is -2.14. The Morgan fingerprint density at radius 3 is 2.80 bits per heavy atom. The van der Waals surface area contributed by atoms with Crippen LogP contribution in [0.25, 0.3) is 5.57 Å². The molecule has 0 radical (unpaired) electrons. The monoisotopic (exact) mass is 203 g/mol. The molecule has 0 amide bonds. The minimum atomic E-state index is 0.651. The molecule has 0 aliphatic carbocycles. The molecule has 3 nitrogen and oxygen atoms in total. The second-order valence-corrected chi connectivity index (χ2v) is 3.28. The summed E-state index contributed by atoms with van der Waals surface area (Å²) >= 11 is 0. The van der Waals surface area contributed by atoms with Crippen LogP contribution in [0.5, 0.6) is 0 Å². The van der Waals surface area contributed by atoms with Gasteiger partial charge in [-0.1, -0.05) is 6.08 Å². The second kappa shape index (κ2) is 5.20. The molecule has 0 atom stereocenters. The first-order valence-electron chi connectivity index (χ1n) is 4.91. The topological polar surface area (TPSA) is 50.9 Å². The lowest BCUT2D eigenvalue weighted by atomic mass is 10.1. The summed E-state index contributed by atoms with van der Waals surface area (Å²) < 4.78 is 0. The van der Waals surface area contributed by atoms with Crippen molar-refractivity contribution >= 4 is 5.57 Å². The number of rotatable bonds is 3. The van der Waals surface area contributed by atoms with Crippen molar-refractivity contribution in [2.45, 2.75) is 13.8 Å². The summed E-state index contributed by atoms with van der Waals surface area (Å²) in [7, 11) is 1.80. The highest BCUT2D eigenvalue weighted by molar-refractivity contribution is 5.74. The molecule has 0 unspecified atom stereocenters. The average molecular weight is 203 g/mol. The van der Waals surface area contributed by atoms with Gasteiger partial charge in [0.1, 0.15) is 0 Å². The maximum absolute atomic E-state index is 5.72. The van der Waals surface area contributed by atoms with E-state index in [0.29, 0.717) is 5.82 Å². The number of nitrogens with one attached hydrogen (secondary N) is 1. The van der Waals surface area contributed by atoms with Crippen LogP contribution in [0.15, 0.2) is 36.3 Å². The Balaban J connectivity index is 3.04. The first-order valence-corrected chi connectivity index (χ1v) is 4.91. The number of aromatic nitrogens is 1. The molecule has 0 aromatic carbocycles. The van der Waals surface area contributed by atoms with Crippen LogP contribution in [0, 0.1) is 6.92 Å². The normalized spacial score (nSPS) is 12.7. The summed E-state index contributed by atoms with van der Waals surface area (Å²) in [5.74, 6) is 0.651. The van der Waals surface area contributed by atoms with E-state index in [1.54, 1.807) is 13.2 Å². The van der Waals surface area contributed by atoms with E-state index in [2.05, 4.69) is 10.3 Å². The summed E-state index contributed by atoms with van der Waals surface area (Å²) in [5.41, 5.74) is 8.94. The van der Waals surface area contributed by atoms with Gasteiger partial charge in [-0.25, -0.2) is 0 Å². The van der Waals surface area contributed by atoms with Crippen molar-refractivity contribution < 1.29 is 0 Å². The molecule has 0 spiro atoms. The Morgan fingerprint density at radius 2 is 2.27 bits per heavy atom. The van der Waals surface area contributed by atoms with Gasteiger partial charge in [0.25, 0.3) is 0 Å². The molecule has 0 bridgehead atoms. The summed E-state index contributed by atoms with van der Waals surface area (Å²) in [6, 6.07) is 4.01. The van der Waals surface area contributed by atoms with Gasteiger partial charge in [-0.3, -0.25) is 4.98 Å². The quantitative estimate of drug-likeness (QED) is 0.737. The molecular weight excluding hydrogens is 186 g/mol. The number of nitrogens with two attached hydrogens (primary N) is 1. The fourth-order valence-electron chi connectivity index (χ4n) is 1.30. The lowest BCUT2D eigenvalue weighted by molar-refractivity contribution is 0.966. The number of allylic oxidation sites excluding steroid dienone is 3. The molecule has 0 saturated carbocycles. The number of aryl methyl sites for hydroxylation is 1. The molecule has 15 heavy (non-hydrogen) atoms. The van der Waals surface area contributed by atoms with Crippen molar-refractivity contribution in [1.29, 1.82) is 0 Å². The molecule has 1 rings (SSSR count). The zero-order chi connectivity index (χ0) is 11.3. The van der Waals surface area contributed by atoms with Gasteiger partial charge in [-0.15, -0.1) is 0 Å². The summed E-state index contributed by atoms with van der Waals surface area (Å²) in [5, 5.41) is 2.90. The van der Waals surface area contributed by atoms with E-state index in [1.807, 2.05) is 38.1 Å². The van der Waals surface area contributed by atoms with E-state index in [4.69, 9.17) is 5.73 Å². The highest BCUT2D eigenvalue weighted by Crippen LogP contribution is 2.16. The van der Waals surface area contributed by atoms with E-state index in [-0.39, 0.29) is 0 Å². The molecule has 0 aliphatic heterocycles. The minimum absolute atomic E-state index is 0.651. The van der Waals surface area contributed by atoms with Crippen LogP contribution in [0.2, 0.25) is 0 Å². The second-order valence-electron chi connectivity index (χ2n) is 3.28. The largest absolute Gasteiger partial charge is 0.386 e. The van der Waals surface area contributed by atoms with Crippen molar-refractivity contribution in [3.63, 3.8) is 0 Å². The van der Waals surface area contributed by atoms with Crippen LogP contribution >= 0.6 is 0 Å². The maximum atomic E-state index is 5.72. The fraction of sp³-hybridized carbons (Fsp3) is 0.250. The third-order valence-electron chi connectivity index (χ3n) is 2.14. The molecule has 3 heteroatoms. The first-order chi connectivity index (χ1) is 7.17. The molecule has 1 aromatic heterocycles. The average Bonchev–Trinajstić information content (AvgIpc) is 2.25. The van der Waals surface area contributed by atoms with Crippen LogP contribution < -0.4 is 11.1 Å². The van der Waals surface area contributed by atoms with Gasteiger partial charge in [0.05, 0.1) is 5.82 Å². The molecular formula is C12H17N3. The van der Waals surface area contributed by atoms with Gasteiger partial charge >= 0.3 is 0 Å². The van der Waals surface area contributed by atoms with Gasteiger partial charge in [0, 0.05) is 18.9 Å². The minimum Gasteiger partial charge on any atom is -0.386 e. The predicted octanol–water partition coefficient (Wildman–Crippen LogP) is 1.81. The molecule has 0 aliphatic rings. The van der Waals surface area contributed by atoms with E-state index in [9.17, 15) is 0 Å². The number of pyridine rings is 1. The standard InChI is InChI=1S/C12H17N3/c1-4-10(8-12(13)14-3)11-5-6-15-9(2)7-11/h4-8,14H,13H2,1-3H3/b10-4+,12-8-. The molecule has 0 saturated heterocycles. The van der Waals surface area contributed by atoms with Crippen LogP contribution in [0.4, 0.5) is 0 Å². The first kappa shape index (κ1) is 11.3. The highest BCUT2D eigenvalue weighted by Gasteiger charge is 1.98. The third-order valence-corrected chi connectivity index (χ3v) is 2.14. The number of hydrogen-bond acceptors (Lipinski definition) is 3. The zero-order valence-corrected chi connectivity index (χ0v) is 9.41. The van der Waals surface area contributed by atoms with Gasteiger partial charge < -0.3 is 11.1 Å². The van der Waals surface area contributed by atoms with Gasteiger partial charge in [-0.2, -0.15) is 0 Å². The van der Waals surface area contributed by atoms with Crippen LogP contribution in [-0.4, -0.2) is 12.0 Å². The van der Waals surface area contributed by atoms with Crippen molar-refractivity contribution in [1.82, 2.24) is 10.3 Å². The van der Waals surface area contributed by atoms with E-state index < -0.39 is 0 Å². The van der Waals surface area contributed by atoms with Crippen molar-refractivity contribution in [2.75, 3.05) is 7.05 Å². The Morgan fingerprint density at radius 1 is 1.53 bits per heavy atom. The van der Waals surface area contributed by atoms with Crippen molar-refractivity contribution in [2.24, 2.45) is 5.73 Å². The van der Waals surface area contributed by atoms with Crippen LogP contribution in [0.1, 0.15) is 18.2 Å². The summed E-state index contributed by atoms with van der Waals surface area (Å²) in [6.45, 7) is 3.96. The Labute approximate surface area is 90.7 Å².